The zero-order valence-corrected chi connectivity index (χ0v) is 36.2. The fourth-order valence-electron chi connectivity index (χ4n) is 12.9. The van der Waals surface area contributed by atoms with Crippen molar-refractivity contribution in [3.05, 3.63) is 23.8 Å². The van der Waals surface area contributed by atoms with Gasteiger partial charge in [0.05, 0.1) is 18.3 Å². The maximum absolute atomic E-state index is 15.3. The number of ether oxygens (including phenoxy) is 2. The van der Waals surface area contributed by atoms with Crippen LogP contribution in [0.1, 0.15) is 207 Å². The van der Waals surface area contributed by atoms with Crippen molar-refractivity contribution in [2.24, 2.45) is 46.3 Å². The number of fused-ring (bicyclic) bond motifs is 5. The van der Waals surface area contributed by atoms with Crippen molar-refractivity contribution in [3.63, 3.8) is 0 Å². The summed E-state index contributed by atoms with van der Waals surface area (Å²) >= 11 is 0. The van der Waals surface area contributed by atoms with Crippen molar-refractivity contribution in [1.82, 2.24) is 0 Å². The van der Waals surface area contributed by atoms with Gasteiger partial charge in [-0.25, -0.2) is 0 Å². The summed E-state index contributed by atoms with van der Waals surface area (Å²) in [7, 11) is 0. The van der Waals surface area contributed by atoms with Crippen LogP contribution in [0.5, 0.6) is 0 Å². The highest BCUT2D eigenvalue weighted by molar-refractivity contribution is 5.69. The number of nitrogen functional groups attached to an aromatic ring is 2. The Labute approximate surface area is 341 Å². The number of carbonyl (C=O) groups is 1. The van der Waals surface area contributed by atoms with Gasteiger partial charge < -0.3 is 20.9 Å². The first-order valence-corrected chi connectivity index (χ1v) is 23.7. The van der Waals surface area contributed by atoms with E-state index in [2.05, 4.69) is 27.7 Å². The van der Waals surface area contributed by atoms with Crippen molar-refractivity contribution in [1.29, 1.82) is 0 Å². The van der Waals surface area contributed by atoms with E-state index < -0.39 is 12.2 Å². The van der Waals surface area contributed by atoms with Gasteiger partial charge in [0.2, 0.25) is 0 Å². The van der Waals surface area contributed by atoms with Gasteiger partial charge in [-0.1, -0.05) is 124 Å². The maximum Gasteiger partial charge on any atom is 0.383 e. The van der Waals surface area contributed by atoms with Crippen molar-refractivity contribution in [2.45, 2.75) is 213 Å². The molecule has 4 fully saturated rings. The smallest absolute Gasteiger partial charge is 0.383 e. The molecule has 320 valence electrons. The SMILES string of the molecule is CCCCCCCCCCCCCCCCCCOC(=O)CC[C@@H](C)[C@H]1CC[C@H]2[C@@H]3CCC4CC(OC(F)(F)c5cc(N)cc(N)c5)CC[C@]4(C)[C@H]3CC[C@]12C. The van der Waals surface area contributed by atoms with Gasteiger partial charge in [-0.05, 0) is 135 Å². The van der Waals surface area contributed by atoms with E-state index in [-0.39, 0.29) is 28.3 Å². The second-order valence-corrected chi connectivity index (χ2v) is 19.8. The van der Waals surface area contributed by atoms with Gasteiger partial charge in [0.1, 0.15) is 0 Å². The monoisotopic (exact) mass is 785 g/mol. The number of halogens is 2. The van der Waals surface area contributed by atoms with Crippen LogP contribution < -0.4 is 11.5 Å². The molecule has 5 rings (SSSR count). The number of rotatable bonds is 24. The Morgan fingerprint density at radius 1 is 0.750 bits per heavy atom. The highest BCUT2D eigenvalue weighted by Crippen LogP contribution is 2.68. The molecule has 5 nitrogen and oxygen atoms in total. The van der Waals surface area contributed by atoms with Crippen molar-refractivity contribution < 1.29 is 23.0 Å². The predicted octanol–water partition coefficient (Wildman–Crippen LogP) is 14.2. The fraction of sp³-hybridized carbons (Fsp3) is 0.857. The molecule has 4 N–H and O–H groups in total. The van der Waals surface area contributed by atoms with Crippen LogP contribution in [0.3, 0.4) is 0 Å². The van der Waals surface area contributed by atoms with Gasteiger partial charge in [0, 0.05) is 17.8 Å². The van der Waals surface area contributed by atoms with E-state index >= 15 is 8.78 Å². The Morgan fingerprint density at radius 2 is 1.30 bits per heavy atom. The molecule has 4 aliphatic carbocycles. The average molecular weight is 785 g/mol. The zero-order valence-electron chi connectivity index (χ0n) is 36.2. The Bertz CT molecular complexity index is 1320. The molecule has 0 spiro atoms. The van der Waals surface area contributed by atoms with Gasteiger partial charge in [-0.2, -0.15) is 8.78 Å². The van der Waals surface area contributed by atoms with Crippen LogP contribution >= 0.6 is 0 Å². The van der Waals surface area contributed by atoms with Gasteiger partial charge in [-0.15, -0.1) is 0 Å². The van der Waals surface area contributed by atoms with E-state index in [0.717, 1.165) is 38.0 Å². The summed E-state index contributed by atoms with van der Waals surface area (Å²) in [5, 5.41) is 0. The minimum atomic E-state index is -3.41. The van der Waals surface area contributed by atoms with Gasteiger partial charge in [0.15, 0.2) is 0 Å². The third-order valence-electron chi connectivity index (χ3n) is 16.1. The largest absolute Gasteiger partial charge is 0.466 e. The number of benzene rings is 1. The molecule has 0 heterocycles. The summed E-state index contributed by atoms with van der Waals surface area (Å²) in [5.74, 6) is 3.66. The summed E-state index contributed by atoms with van der Waals surface area (Å²) in [4.78, 5) is 12.8. The maximum atomic E-state index is 15.3. The normalized spacial score (nSPS) is 30.7. The van der Waals surface area contributed by atoms with Gasteiger partial charge in [0.25, 0.3) is 0 Å². The van der Waals surface area contributed by atoms with E-state index in [4.69, 9.17) is 20.9 Å². The second-order valence-electron chi connectivity index (χ2n) is 19.8. The molecule has 7 heteroatoms. The highest BCUT2D eigenvalue weighted by Gasteiger charge is 2.61. The van der Waals surface area contributed by atoms with Crippen molar-refractivity contribution in [2.75, 3.05) is 18.1 Å². The molecule has 56 heavy (non-hydrogen) atoms. The number of esters is 1. The second kappa shape index (κ2) is 21.4. The fourth-order valence-corrected chi connectivity index (χ4v) is 12.9. The molecule has 0 amide bonds. The van der Waals surface area contributed by atoms with E-state index in [9.17, 15) is 4.79 Å². The lowest BCUT2D eigenvalue weighted by molar-refractivity contribution is -0.286. The minimum absolute atomic E-state index is 0.0122. The average Bonchev–Trinajstić information content (AvgIpc) is 3.52. The summed E-state index contributed by atoms with van der Waals surface area (Å²) < 4.78 is 41.9. The van der Waals surface area contributed by atoms with Crippen LogP contribution in [0.15, 0.2) is 18.2 Å². The van der Waals surface area contributed by atoms with Crippen LogP contribution in [0.2, 0.25) is 0 Å². The molecular weight excluding hydrogens is 703 g/mol. The first-order valence-electron chi connectivity index (χ1n) is 23.7. The van der Waals surface area contributed by atoms with E-state index in [1.54, 1.807) is 0 Å². The highest BCUT2D eigenvalue weighted by atomic mass is 19.3. The van der Waals surface area contributed by atoms with Crippen LogP contribution in [-0.2, 0) is 20.4 Å². The first kappa shape index (κ1) is 45.2. The van der Waals surface area contributed by atoms with Crippen LogP contribution in [0, 0.1) is 46.3 Å². The standard InChI is InChI=1S/C49H82F2N2O3/c1-5-6-7-8-9-10-11-12-13-14-15-16-17-18-19-20-31-55-46(54)26-21-36(2)43-24-25-44-42-23-22-37-34-41(27-29-47(37,3)45(42)28-30-48(43,44)4)56-49(50,51)38-32-39(52)35-40(53)33-38/h32-33,35-37,41-45H,5-31,34,52-53H2,1-4H3/t36-,37?,41?,42+,43-,44+,45+,47+,48-/m1/s1. The summed E-state index contributed by atoms with van der Waals surface area (Å²) in [5.41, 5.74) is 12.3. The Balaban J connectivity index is 0.951. The molecule has 9 atom stereocenters. The molecule has 0 aliphatic heterocycles. The predicted molar refractivity (Wildman–Crippen MR) is 228 cm³/mol. The van der Waals surface area contributed by atoms with Crippen LogP contribution in [0.25, 0.3) is 0 Å². The number of hydrogen-bond donors (Lipinski definition) is 2. The minimum Gasteiger partial charge on any atom is -0.466 e. The molecule has 0 bridgehead atoms. The number of carbonyl (C=O) groups excluding carboxylic acids is 1. The quantitative estimate of drug-likeness (QED) is 0.0619. The number of hydrogen-bond acceptors (Lipinski definition) is 5. The summed E-state index contributed by atoms with van der Waals surface area (Å²) in [6.45, 7) is 10.3. The lowest BCUT2D eigenvalue weighted by Crippen LogP contribution is -2.54. The third-order valence-corrected chi connectivity index (χ3v) is 16.1. The summed E-state index contributed by atoms with van der Waals surface area (Å²) in [6, 6.07) is 4.04. The van der Waals surface area contributed by atoms with Crippen molar-refractivity contribution in [3.8, 4) is 0 Å². The molecular formula is C49H82F2N2O3. The van der Waals surface area contributed by atoms with Gasteiger partial charge >= 0.3 is 12.1 Å². The molecule has 0 radical (unpaired) electrons. The molecule has 0 aromatic heterocycles. The van der Waals surface area contributed by atoms with Crippen LogP contribution in [0.4, 0.5) is 20.2 Å². The molecule has 1 aromatic carbocycles. The number of nitrogens with two attached hydrogens (primary N) is 2. The Morgan fingerprint density at radius 3 is 1.91 bits per heavy atom. The van der Waals surface area contributed by atoms with E-state index in [1.807, 2.05) is 0 Å². The van der Waals surface area contributed by atoms with E-state index in [0.29, 0.717) is 60.9 Å². The van der Waals surface area contributed by atoms with Crippen molar-refractivity contribution >= 4 is 17.3 Å². The number of unbranched alkanes of at least 4 members (excludes halogenated alkanes) is 15. The third kappa shape index (κ3) is 11.9. The summed E-state index contributed by atoms with van der Waals surface area (Å²) in [6.07, 6.45) is 28.8. The van der Waals surface area contributed by atoms with E-state index in [1.165, 1.54) is 140 Å². The molecule has 4 saturated carbocycles. The van der Waals surface area contributed by atoms with Crippen LogP contribution in [-0.4, -0.2) is 18.7 Å². The first-order chi connectivity index (χ1) is 26.9. The zero-order chi connectivity index (χ0) is 40.2. The molecule has 1 aromatic rings. The number of anilines is 2. The van der Waals surface area contributed by atoms with Gasteiger partial charge in [-0.3, -0.25) is 4.79 Å². The Kier molecular flexibility index (Phi) is 17.3. The Hall–Kier alpha value is -1.89. The molecule has 4 aliphatic rings. The molecule has 0 saturated heterocycles. The molecule has 2 unspecified atom stereocenters. The lowest BCUT2D eigenvalue weighted by atomic mass is 9.44. The number of alkyl halides is 2. The lowest BCUT2D eigenvalue weighted by Gasteiger charge is -2.61. The topological polar surface area (TPSA) is 87.6 Å².